The van der Waals surface area contributed by atoms with Crippen LogP contribution in [0.15, 0.2) is 23.0 Å². The Bertz CT molecular complexity index is 441. The van der Waals surface area contributed by atoms with Crippen LogP contribution in [-0.2, 0) is 20.7 Å². The van der Waals surface area contributed by atoms with Crippen LogP contribution in [0.1, 0.15) is 5.56 Å². The minimum absolute atomic E-state index is 0.412. The maximum absolute atomic E-state index is 11.6. The predicted molar refractivity (Wildman–Crippen MR) is 75.7 cm³/mol. The van der Waals surface area contributed by atoms with Gasteiger partial charge < -0.3 is 19.8 Å². The molecule has 2 N–H and O–H groups in total. The van der Waals surface area contributed by atoms with Crippen molar-refractivity contribution in [2.45, 2.75) is 6.42 Å². The topological polar surface area (TPSA) is 83.8 Å². The number of nitrogens with one attached hydrogen (secondary N) is 2. The molecule has 1 aliphatic heterocycles. The number of nitrogens with zero attached hydrogens (tertiary/aromatic N) is 1. The minimum Gasteiger partial charge on any atom is -0.472 e. The number of rotatable bonds is 6. The van der Waals surface area contributed by atoms with Gasteiger partial charge in [-0.05, 0) is 18.1 Å². The average Bonchev–Trinajstić information content (AvgIpc) is 3.01. The van der Waals surface area contributed by atoms with Gasteiger partial charge in [0, 0.05) is 32.7 Å². The summed E-state index contributed by atoms with van der Waals surface area (Å²) in [6.07, 6.45) is 3.84. The Kier molecular flexibility index (Phi) is 6.23. The lowest BCUT2D eigenvalue weighted by Crippen LogP contribution is -2.45. The first kappa shape index (κ1) is 15.5. The lowest BCUT2D eigenvalue weighted by Gasteiger charge is -2.26. The summed E-state index contributed by atoms with van der Waals surface area (Å²) in [5.74, 6) is -1.18. The van der Waals surface area contributed by atoms with E-state index in [1.165, 1.54) is 0 Å². The molecule has 7 heteroatoms. The first-order valence-corrected chi connectivity index (χ1v) is 7.13. The van der Waals surface area contributed by atoms with E-state index in [2.05, 4.69) is 15.5 Å². The quantitative estimate of drug-likeness (QED) is 0.684. The van der Waals surface area contributed by atoms with Crippen LogP contribution in [0.5, 0.6) is 0 Å². The fourth-order valence-corrected chi connectivity index (χ4v) is 2.07. The van der Waals surface area contributed by atoms with Gasteiger partial charge in [-0.15, -0.1) is 0 Å². The van der Waals surface area contributed by atoms with Crippen molar-refractivity contribution in [3.05, 3.63) is 24.2 Å². The second-order valence-corrected chi connectivity index (χ2v) is 4.85. The monoisotopic (exact) mass is 295 g/mol. The van der Waals surface area contributed by atoms with E-state index in [0.29, 0.717) is 19.5 Å². The lowest BCUT2D eigenvalue weighted by atomic mass is 10.2. The smallest absolute Gasteiger partial charge is 0.309 e. The van der Waals surface area contributed by atoms with Crippen LogP contribution in [0.2, 0.25) is 0 Å². The van der Waals surface area contributed by atoms with Gasteiger partial charge in [0.05, 0.1) is 25.7 Å². The van der Waals surface area contributed by atoms with E-state index in [9.17, 15) is 9.59 Å². The molecule has 0 radical (unpaired) electrons. The Morgan fingerprint density at radius 1 is 1.14 bits per heavy atom. The van der Waals surface area contributed by atoms with E-state index < -0.39 is 11.8 Å². The summed E-state index contributed by atoms with van der Waals surface area (Å²) in [5, 5.41) is 5.20. The largest absolute Gasteiger partial charge is 0.472 e. The summed E-state index contributed by atoms with van der Waals surface area (Å²) in [5.41, 5.74) is 0.989. The number of hydrogen-bond acceptors (Lipinski definition) is 5. The van der Waals surface area contributed by atoms with Gasteiger partial charge in [0.15, 0.2) is 0 Å². The summed E-state index contributed by atoms with van der Waals surface area (Å²) in [7, 11) is 0. The summed E-state index contributed by atoms with van der Waals surface area (Å²) in [4.78, 5) is 25.4. The number of ether oxygens (including phenoxy) is 1. The van der Waals surface area contributed by atoms with Gasteiger partial charge in [-0.25, -0.2) is 0 Å². The molecular formula is C14H21N3O4. The Labute approximate surface area is 123 Å². The van der Waals surface area contributed by atoms with Gasteiger partial charge in [-0.3, -0.25) is 14.5 Å². The number of morpholine rings is 1. The molecule has 0 aromatic carbocycles. The van der Waals surface area contributed by atoms with Crippen LogP contribution >= 0.6 is 0 Å². The lowest BCUT2D eigenvalue weighted by molar-refractivity contribution is -0.139. The van der Waals surface area contributed by atoms with Gasteiger partial charge in [0.2, 0.25) is 0 Å². The minimum atomic E-state index is -0.597. The number of furan rings is 1. The van der Waals surface area contributed by atoms with Crippen molar-refractivity contribution in [1.82, 2.24) is 15.5 Å². The average molecular weight is 295 g/mol. The van der Waals surface area contributed by atoms with Crippen molar-refractivity contribution in [2.24, 2.45) is 0 Å². The highest BCUT2D eigenvalue weighted by molar-refractivity contribution is 6.35. The van der Waals surface area contributed by atoms with Crippen molar-refractivity contribution in [3.63, 3.8) is 0 Å². The van der Waals surface area contributed by atoms with Crippen LogP contribution in [0.3, 0.4) is 0 Å². The van der Waals surface area contributed by atoms with Crippen molar-refractivity contribution >= 4 is 11.8 Å². The van der Waals surface area contributed by atoms with Crippen molar-refractivity contribution < 1.29 is 18.7 Å². The molecule has 116 valence electrons. The van der Waals surface area contributed by atoms with E-state index in [1.807, 2.05) is 6.07 Å². The molecule has 1 saturated heterocycles. The van der Waals surface area contributed by atoms with E-state index in [-0.39, 0.29) is 0 Å². The second kappa shape index (κ2) is 8.43. The molecule has 0 saturated carbocycles. The fraction of sp³-hybridized carbons (Fsp3) is 0.571. The molecule has 2 amide bonds. The Balaban J connectivity index is 1.55. The third kappa shape index (κ3) is 5.57. The first-order chi connectivity index (χ1) is 10.3. The van der Waals surface area contributed by atoms with Gasteiger partial charge in [-0.2, -0.15) is 0 Å². The van der Waals surface area contributed by atoms with Gasteiger partial charge in [-0.1, -0.05) is 0 Å². The first-order valence-electron chi connectivity index (χ1n) is 7.13. The molecule has 1 aromatic rings. The number of hydrogen-bond donors (Lipinski definition) is 2. The molecular weight excluding hydrogens is 274 g/mol. The summed E-state index contributed by atoms with van der Waals surface area (Å²) < 4.78 is 10.2. The SMILES string of the molecule is O=C(NCCc1ccoc1)C(=O)NCCN1CCOCC1. The molecule has 2 heterocycles. The molecule has 0 atom stereocenters. The summed E-state index contributed by atoms with van der Waals surface area (Å²) >= 11 is 0. The summed E-state index contributed by atoms with van der Waals surface area (Å²) in [6, 6.07) is 1.83. The van der Waals surface area contributed by atoms with Crippen molar-refractivity contribution in [2.75, 3.05) is 45.9 Å². The molecule has 1 aliphatic rings. The van der Waals surface area contributed by atoms with E-state index in [4.69, 9.17) is 9.15 Å². The molecule has 21 heavy (non-hydrogen) atoms. The third-order valence-corrected chi connectivity index (χ3v) is 3.30. The molecule has 0 bridgehead atoms. The summed E-state index contributed by atoms with van der Waals surface area (Å²) in [6.45, 7) is 4.80. The van der Waals surface area contributed by atoms with Crippen molar-refractivity contribution in [1.29, 1.82) is 0 Å². The molecule has 1 aromatic heterocycles. The highest BCUT2D eigenvalue weighted by Crippen LogP contribution is 1.99. The zero-order valence-electron chi connectivity index (χ0n) is 12.0. The van der Waals surface area contributed by atoms with Gasteiger partial charge in [0.1, 0.15) is 0 Å². The van der Waals surface area contributed by atoms with Crippen molar-refractivity contribution in [3.8, 4) is 0 Å². The van der Waals surface area contributed by atoms with Crippen LogP contribution < -0.4 is 10.6 Å². The number of amides is 2. The standard InChI is InChI=1S/C14H21N3O4/c18-13(15-3-1-12-2-8-21-11-12)14(19)16-4-5-17-6-9-20-10-7-17/h2,8,11H,1,3-7,9-10H2,(H,15,18)(H,16,19). The fourth-order valence-electron chi connectivity index (χ4n) is 2.07. The zero-order chi connectivity index (χ0) is 14.9. The van der Waals surface area contributed by atoms with E-state index >= 15 is 0 Å². The Hall–Kier alpha value is -1.86. The molecule has 2 rings (SSSR count). The second-order valence-electron chi connectivity index (χ2n) is 4.85. The number of carbonyl (C=O) groups is 2. The van der Waals surface area contributed by atoms with Gasteiger partial charge >= 0.3 is 11.8 Å². The normalized spacial score (nSPS) is 15.6. The molecule has 0 aliphatic carbocycles. The van der Waals surface area contributed by atoms with E-state index in [0.717, 1.165) is 38.4 Å². The van der Waals surface area contributed by atoms with E-state index in [1.54, 1.807) is 12.5 Å². The molecule has 1 fully saturated rings. The highest BCUT2D eigenvalue weighted by atomic mass is 16.5. The predicted octanol–water partition coefficient (Wildman–Crippen LogP) is -0.613. The molecule has 0 unspecified atom stereocenters. The highest BCUT2D eigenvalue weighted by Gasteiger charge is 2.14. The van der Waals surface area contributed by atoms with Crippen LogP contribution in [0.4, 0.5) is 0 Å². The maximum Gasteiger partial charge on any atom is 0.309 e. The number of carbonyl (C=O) groups excluding carboxylic acids is 2. The Morgan fingerprint density at radius 3 is 2.52 bits per heavy atom. The van der Waals surface area contributed by atoms with Crippen LogP contribution in [0.25, 0.3) is 0 Å². The molecule has 0 spiro atoms. The van der Waals surface area contributed by atoms with Crippen LogP contribution in [-0.4, -0.2) is 62.7 Å². The molecule has 7 nitrogen and oxygen atoms in total. The third-order valence-electron chi connectivity index (χ3n) is 3.30. The zero-order valence-corrected chi connectivity index (χ0v) is 12.0. The Morgan fingerprint density at radius 2 is 1.86 bits per heavy atom. The van der Waals surface area contributed by atoms with Crippen LogP contribution in [0, 0.1) is 0 Å². The van der Waals surface area contributed by atoms with Gasteiger partial charge in [0.25, 0.3) is 0 Å². The maximum atomic E-state index is 11.6.